The van der Waals surface area contributed by atoms with E-state index in [1.165, 1.54) is 6.07 Å². The van der Waals surface area contributed by atoms with Gasteiger partial charge in [-0.15, -0.1) is 0 Å². The highest BCUT2D eigenvalue weighted by Crippen LogP contribution is 2.31. The number of aromatic nitrogens is 2. The van der Waals surface area contributed by atoms with Gasteiger partial charge in [-0.2, -0.15) is 13.2 Å². The number of fused-ring (bicyclic) bond motifs is 1. The summed E-state index contributed by atoms with van der Waals surface area (Å²) in [7, 11) is 0. The predicted octanol–water partition coefficient (Wildman–Crippen LogP) is 5.48. The van der Waals surface area contributed by atoms with Crippen LogP contribution >= 0.6 is 0 Å². The van der Waals surface area contributed by atoms with E-state index in [4.69, 9.17) is 0 Å². The third kappa shape index (κ3) is 5.90. The highest BCUT2D eigenvalue weighted by atomic mass is 19.4. The second-order valence-electron chi connectivity index (χ2n) is 9.06. The number of hydrogen-bond donors (Lipinski definition) is 3. The van der Waals surface area contributed by atoms with Crippen molar-refractivity contribution >= 4 is 23.5 Å². The molecule has 2 amide bonds. The highest BCUT2D eigenvalue weighted by Gasteiger charge is 2.32. The van der Waals surface area contributed by atoms with Crippen LogP contribution in [0.5, 0.6) is 0 Å². The van der Waals surface area contributed by atoms with Gasteiger partial charge in [-0.05, 0) is 41.0 Å². The molecule has 0 unspecified atom stereocenters. The molecule has 2 aromatic carbocycles. The molecule has 0 spiro atoms. The molecule has 3 heterocycles. The molecule has 0 saturated carbocycles. The lowest BCUT2D eigenvalue weighted by molar-refractivity contribution is -0.137. The van der Waals surface area contributed by atoms with Gasteiger partial charge in [0.05, 0.1) is 17.5 Å². The van der Waals surface area contributed by atoms with Gasteiger partial charge in [-0.3, -0.25) is 9.59 Å². The molecule has 3 N–H and O–H groups in total. The first-order chi connectivity index (χ1) is 19.1. The lowest BCUT2D eigenvalue weighted by Crippen LogP contribution is -2.25. The van der Waals surface area contributed by atoms with Gasteiger partial charge in [0.1, 0.15) is 11.6 Å². The van der Waals surface area contributed by atoms with Gasteiger partial charge in [0.2, 0.25) is 5.91 Å². The van der Waals surface area contributed by atoms with E-state index in [1.54, 1.807) is 18.3 Å². The fraction of sp³-hybridized carbons (Fsp3) is 0.143. The zero-order chi connectivity index (χ0) is 28.4. The maximum Gasteiger partial charge on any atom is 0.417 e. The van der Waals surface area contributed by atoms with E-state index in [9.17, 15) is 31.5 Å². The average Bonchev–Trinajstić information content (AvgIpc) is 3.31. The normalized spacial score (nSPS) is 12.6. The summed E-state index contributed by atoms with van der Waals surface area (Å²) in [4.78, 5) is 32.5. The summed E-state index contributed by atoms with van der Waals surface area (Å²) in [5, 5.41) is 7.99. The Bertz CT molecular complexity index is 1610. The molecule has 0 fully saturated rings. The minimum atomic E-state index is -4.73. The summed E-state index contributed by atoms with van der Waals surface area (Å²) in [6.07, 6.45) is -2.20. The van der Waals surface area contributed by atoms with Crippen LogP contribution in [-0.4, -0.2) is 21.8 Å². The molecular formula is C28H20F5N5O2. The van der Waals surface area contributed by atoms with E-state index in [0.717, 1.165) is 34.4 Å². The minimum absolute atomic E-state index is 0.0835. The molecule has 12 heteroatoms. The summed E-state index contributed by atoms with van der Waals surface area (Å²) in [6.45, 7) is -0.0993. The van der Waals surface area contributed by atoms with Gasteiger partial charge in [-0.25, -0.2) is 18.7 Å². The van der Waals surface area contributed by atoms with E-state index in [2.05, 4.69) is 25.9 Å². The Morgan fingerprint density at radius 2 is 1.62 bits per heavy atom. The largest absolute Gasteiger partial charge is 0.417 e. The first-order valence-electron chi connectivity index (χ1n) is 12.0. The number of benzene rings is 2. The van der Waals surface area contributed by atoms with Crippen LogP contribution in [0.1, 0.15) is 32.6 Å². The maximum absolute atomic E-state index is 13.5. The number of alkyl halides is 3. The van der Waals surface area contributed by atoms with Gasteiger partial charge in [0, 0.05) is 36.6 Å². The van der Waals surface area contributed by atoms with Crippen LogP contribution in [0.2, 0.25) is 0 Å². The van der Waals surface area contributed by atoms with Gasteiger partial charge in [0.15, 0.2) is 11.6 Å². The standard InChI is InChI=1S/C28H20F5N5O2/c29-22-6-3-16(7-23(22)30)12-37-27(40)21-10-20(28(31,32)33)14-36-26(21)34-11-15-1-4-17(5-2-15)19-8-18-9-24(39)38-25(18)35-13-19/h1-8,10,13-14H,9,11-12H2,(H,34,36)(H,37,40)(H,35,38,39). The van der Waals surface area contributed by atoms with Gasteiger partial charge in [0.25, 0.3) is 5.91 Å². The van der Waals surface area contributed by atoms with Gasteiger partial charge >= 0.3 is 6.18 Å². The van der Waals surface area contributed by atoms with Crippen molar-refractivity contribution < 1.29 is 31.5 Å². The number of nitrogens with one attached hydrogen (secondary N) is 3. The molecule has 0 aliphatic carbocycles. The second kappa shape index (κ2) is 10.7. The quantitative estimate of drug-likeness (QED) is 0.264. The second-order valence-corrected chi connectivity index (χ2v) is 9.06. The number of nitrogens with zero attached hydrogens (tertiary/aromatic N) is 2. The molecule has 0 bridgehead atoms. The summed E-state index contributed by atoms with van der Waals surface area (Å²) in [6, 6.07) is 12.8. The van der Waals surface area contributed by atoms with Gasteiger partial charge < -0.3 is 16.0 Å². The number of rotatable bonds is 7. The van der Waals surface area contributed by atoms with Crippen LogP contribution in [0, 0.1) is 11.6 Å². The Morgan fingerprint density at radius 3 is 2.35 bits per heavy atom. The van der Waals surface area contributed by atoms with Crippen molar-refractivity contribution in [3.8, 4) is 11.1 Å². The topological polar surface area (TPSA) is 96.0 Å². The zero-order valence-corrected chi connectivity index (χ0v) is 20.6. The van der Waals surface area contributed by atoms with Crippen LogP contribution in [-0.2, 0) is 30.5 Å². The molecule has 2 aromatic heterocycles. The molecule has 7 nitrogen and oxygen atoms in total. The molecule has 0 radical (unpaired) electrons. The summed E-state index contributed by atoms with van der Waals surface area (Å²) < 4.78 is 66.6. The first kappa shape index (κ1) is 26.7. The van der Waals surface area contributed by atoms with E-state index < -0.39 is 29.3 Å². The summed E-state index contributed by atoms with van der Waals surface area (Å²) in [5.41, 5.74) is 1.98. The SMILES string of the molecule is O=C1Cc2cc(-c3ccc(CNc4ncc(C(F)(F)F)cc4C(=O)NCc4ccc(F)c(F)c4)cc3)cnc2N1. The van der Waals surface area contributed by atoms with Crippen LogP contribution in [0.15, 0.2) is 67.0 Å². The number of carbonyl (C=O) groups is 2. The molecule has 0 atom stereocenters. The molecule has 204 valence electrons. The van der Waals surface area contributed by atoms with Crippen LogP contribution in [0.4, 0.5) is 33.6 Å². The van der Waals surface area contributed by atoms with E-state index >= 15 is 0 Å². The fourth-order valence-electron chi connectivity index (χ4n) is 4.13. The Kier molecular flexibility index (Phi) is 7.16. The molecule has 4 aromatic rings. The van der Waals surface area contributed by atoms with Crippen molar-refractivity contribution in [2.75, 3.05) is 10.6 Å². The predicted molar refractivity (Wildman–Crippen MR) is 136 cm³/mol. The number of amides is 2. The fourth-order valence-corrected chi connectivity index (χ4v) is 4.13. The molecule has 0 saturated heterocycles. The van der Waals surface area contributed by atoms with Crippen molar-refractivity contribution in [3.63, 3.8) is 0 Å². The number of anilines is 2. The number of carbonyl (C=O) groups excluding carboxylic acids is 2. The molecule has 1 aliphatic heterocycles. The maximum atomic E-state index is 13.5. The molecular weight excluding hydrogens is 533 g/mol. The Labute approximate surface area is 224 Å². The number of halogens is 5. The first-order valence-corrected chi connectivity index (χ1v) is 12.0. The smallest absolute Gasteiger partial charge is 0.365 e. The zero-order valence-electron chi connectivity index (χ0n) is 20.6. The third-order valence-corrected chi connectivity index (χ3v) is 6.22. The highest BCUT2D eigenvalue weighted by molar-refractivity contribution is 5.99. The molecule has 5 rings (SSSR count). The van der Waals surface area contributed by atoms with Crippen molar-refractivity contribution in [2.45, 2.75) is 25.7 Å². The Balaban J connectivity index is 1.30. The van der Waals surface area contributed by atoms with Crippen molar-refractivity contribution in [2.24, 2.45) is 0 Å². The van der Waals surface area contributed by atoms with Crippen molar-refractivity contribution in [1.29, 1.82) is 0 Å². The van der Waals surface area contributed by atoms with E-state index in [-0.39, 0.29) is 42.4 Å². The van der Waals surface area contributed by atoms with E-state index in [0.29, 0.717) is 18.1 Å². The third-order valence-electron chi connectivity index (χ3n) is 6.22. The summed E-state index contributed by atoms with van der Waals surface area (Å²) in [5.74, 6) is -2.70. The minimum Gasteiger partial charge on any atom is -0.365 e. The van der Waals surface area contributed by atoms with Crippen LogP contribution < -0.4 is 16.0 Å². The Morgan fingerprint density at radius 1 is 0.875 bits per heavy atom. The molecule has 1 aliphatic rings. The lowest BCUT2D eigenvalue weighted by Gasteiger charge is -2.15. The summed E-state index contributed by atoms with van der Waals surface area (Å²) >= 11 is 0. The number of pyridine rings is 2. The monoisotopic (exact) mass is 553 g/mol. The Hall–Kier alpha value is -4.87. The van der Waals surface area contributed by atoms with Crippen molar-refractivity contribution in [1.82, 2.24) is 15.3 Å². The van der Waals surface area contributed by atoms with Crippen LogP contribution in [0.25, 0.3) is 11.1 Å². The average molecular weight is 553 g/mol. The van der Waals surface area contributed by atoms with Crippen molar-refractivity contribution in [3.05, 3.63) is 106 Å². The number of hydrogen-bond acceptors (Lipinski definition) is 5. The molecule has 40 heavy (non-hydrogen) atoms. The van der Waals surface area contributed by atoms with Gasteiger partial charge in [-0.1, -0.05) is 30.3 Å². The van der Waals surface area contributed by atoms with E-state index in [1.807, 2.05) is 18.2 Å². The van der Waals surface area contributed by atoms with Crippen LogP contribution in [0.3, 0.4) is 0 Å². The lowest BCUT2D eigenvalue weighted by atomic mass is 10.0.